The van der Waals surface area contributed by atoms with Gasteiger partial charge in [-0.15, -0.1) is 0 Å². The number of hydrogen-bond donors (Lipinski definition) is 0. The molecule has 0 aromatic heterocycles. The SMILES string of the molecule is CCC(CC)c1ccc(Cl)cc1-c1cc(C)c(Cl)c(C)c1. The van der Waals surface area contributed by atoms with Crippen LogP contribution < -0.4 is 0 Å². The van der Waals surface area contributed by atoms with Crippen molar-refractivity contribution in [3.8, 4) is 11.1 Å². The van der Waals surface area contributed by atoms with Crippen LogP contribution in [0.2, 0.25) is 10.0 Å². The molecule has 21 heavy (non-hydrogen) atoms. The van der Waals surface area contributed by atoms with Crippen LogP contribution >= 0.6 is 23.2 Å². The van der Waals surface area contributed by atoms with E-state index in [1.165, 1.54) is 16.7 Å². The molecule has 0 radical (unpaired) electrons. The van der Waals surface area contributed by atoms with Gasteiger partial charge in [-0.25, -0.2) is 0 Å². The van der Waals surface area contributed by atoms with Crippen LogP contribution in [-0.2, 0) is 0 Å². The normalized spacial score (nSPS) is 11.2. The Kier molecular flexibility index (Phi) is 5.35. The van der Waals surface area contributed by atoms with Gasteiger partial charge < -0.3 is 0 Å². The third-order valence-corrected chi connectivity index (χ3v) is 5.02. The lowest BCUT2D eigenvalue weighted by atomic mass is 9.86. The second-order valence-corrected chi connectivity index (χ2v) is 6.48. The van der Waals surface area contributed by atoms with Crippen molar-refractivity contribution in [2.45, 2.75) is 46.5 Å². The number of rotatable bonds is 4. The zero-order chi connectivity index (χ0) is 15.6. The van der Waals surface area contributed by atoms with E-state index in [1.54, 1.807) is 0 Å². The molecule has 0 atom stereocenters. The topological polar surface area (TPSA) is 0 Å². The summed E-state index contributed by atoms with van der Waals surface area (Å²) in [5.74, 6) is 0.563. The Hall–Kier alpha value is -0.980. The molecule has 0 saturated carbocycles. The molecule has 2 rings (SSSR count). The van der Waals surface area contributed by atoms with Gasteiger partial charge in [0.25, 0.3) is 0 Å². The molecule has 0 aliphatic rings. The van der Waals surface area contributed by atoms with Crippen LogP contribution in [-0.4, -0.2) is 0 Å². The van der Waals surface area contributed by atoms with Crippen molar-refractivity contribution in [1.29, 1.82) is 0 Å². The molecule has 0 fully saturated rings. The van der Waals surface area contributed by atoms with Crippen molar-refractivity contribution in [1.82, 2.24) is 0 Å². The van der Waals surface area contributed by atoms with E-state index in [0.29, 0.717) is 5.92 Å². The molecule has 0 amide bonds. The number of halogens is 2. The Labute approximate surface area is 138 Å². The number of benzene rings is 2. The fraction of sp³-hybridized carbons (Fsp3) is 0.368. The Bertz CT molecular complexity index is 617. The molecule has 2 aromatic rings. The first-order valence-corrected chi connectivity index (χ1v) is 8.30. The predicted molar refractivity (Wildman–Crippen MR) is 94.7 cm³/mol. The third kappa shape index (κ3) is 3.44. The molecule has 2 heteroatoms. The standard InChI is InChI=1S/C19H22Cl2/c1-5-14(6-2)17-8-7-16(20)11-18(17)15-9-12(3)19(21)13(4)10-15/h7-11,14H,5-6H2,1-4H3. The highest BCUT2D eigenvalue weighted by Crippen LogP contribution is 2.37. The van der Waals surface area contributed by atoms with E-state index in [9.17, 15) is 0 Å². The predicted octanol–water partition coefficient (Wildman–Crippen LogP) is 7.18. The lowest BCUT2D eigenvalue weighted by Gasteiger charge is -2.19. The van der Waals surface area contributed by atoms with E-state index in [0.717, 1.165) is 34.0 Å². The van der Waals surface area contributed by atoms with E-state index < -0.39 is 0 Å². The van der Waals surface area contributed by atoms with E-state index in [1.807, 2.05) is 6.07 Å². The van der Waals surface area contributed by atoms with Gasteiger partial charge in [0.05, 0.1) is 0 Å². The Morgan fingerprint density at radius 3 is 2.00 bits per heavy atom. The van der Waals surface area contributed by atoms with Crippen LogP contribution in [0.25, 0.3) is 11.1 Å². The van der Waals surface area contributed by atoms with Gasteiger partial charge in [-0.1, -0.05) is 43.1 Å². The second-order valence-electron chi connectivity index (χ2n) is 5.67. The van der Waals surface area contributed by atoms with Crippen LogP contribution in [0.1, 0.15) is 49.3 Å². The van der Waals surface area contributed by atoms with Gasteiger partial charge in [-0.2, -0.15) is 0 Å². The lowest BCUT2D eigenvalue weighted by Crippen LogP contribution is -1.99. The summed E-state index contributed by atoms with van der Waals surface area (Å²) >= 11 is 12.5. The monoisotopic (exact) mass is 320 g/mol. The minimum Gasteiger partial charge on any atom is -0.0843 e. The van der Waals surface area contributed by atoms with Gasteiger partial charge in [0.2, 0.25) is 0 Å². The average Bonchev–Trinajstić information content (AvgIpc) is 2.46. The van der Waals surface area contributed by atoms with Crippen LogP contribution in [0.3, 0.4) is 0 Å². The zero-order valence-electron chi connectivity index (χ0n) is 13.1. The summed E-state index contributed by atoms with van der Waals surface area (Å²) in [5, 5.41) is 1.63. The first-order chi connectivity index (χ1) is 9.97. The largest absolute Gasteiger partial charge is 0.0843 e. The molecule has 0 saturated heterocycles. The number of aryl methyl sites for hydroxylation is 2. The van der Waals surface area contributed by atoms with Crippen LogP contribution in [0.5, 0.6) is 0 Å². The van der Waals surface area contributed by atoms with Crippen molar-refractivity contribution >= 4 is 23.2 Å². The summed E-state index contributed by atoms with van der Waals surface area (Å²) in [5.41, 5.74) is 6.05. The fourth-order valence-electron chi connectivity index (χ4n) is 2.96. The maximum absolute atomic E-state index is 6.30. The van der Waals surface area contributed by atoms with E-state index in [4.69, 9.17) is 23.2 Å². The highest BCUT2D eigenvalue weighted by molar-refractivity contribution is 6.32. The lowest BCUT2D eigenvalue weighted by molar-refractivity contribution is 0.643. The van der Waals surface area contributed by atoms with Gasteiger partial charge in [0.15, 0.2) is 0 Å². The average molecular weight is 321 g/mol. The molecule has 0 heterocycles. The summed E-state index contributed by atoms with van der Waals surface area (Å²) in [4.78, 5) is 0. The van der Waals surface area contributed by atoms with Crippen LogP contribution in [0, 0.1) is 13.8 Å². The molecule has 0 aliphatic heterocycles. The minimum atomic E-state index is 0.563. The fourth-order valence-corrected chi connectivity index (χ4v) is 3.25. The van der Waals surface area contributed by atoms with Crippen molar-refractivity contribution in [2.24, 2.45) is 0 Å². The van der Waals surface area contributed by atoms with Gasteiger partial charge in [0, 0.05) is 10.0 Å². The molecule has 112 valence electrons. The smallest absolute Gasteiger partial charge is 0.0464 e. The van der Waals surface area contributed by atoms with Gasteiger partial charge >= 0.3 is 0 Å². The molecular formula is C19H22Cl2. The van der Waals surface area contributed by atoms with Gasteiger partial charge in [-0.05, 0) is 84.7 Å². The van der Waals surface area contributed by atoms with E-state index in [2.05, 4.69) is 52.0 Å². The van der Waals surface area contributed by atoms with Crippen molar-refractivity contribution in [2.75, 3.05) is 0 Å². The minimum absolute atomic E-state index is 0.563. The first-order valence-electron chi connectivity index (χ1n) is 7.54. The van der Waals surface area contributed by atoms with Gasteiger partial charge in [0.1, 0.15) is 0 Å². The Balaban J connectivity index is 2.65. The Morgan fingerprint density at radius 1 is 0.905 bits per heavy atom. The maximum atomic E-state index is 6.30. The van der Waals surface area contributed by atoms with Crippen molar-refractivity contribution < 1.29 is 0 Å². The summed E-state index contributed by atoms with van der Waals surface area (Å²) in [7, 11) is 0. The van der Waals surface area contributed by atoms with E-state index in [-0.39, 0.29) is 0 Å². The molecule has 0 N–H and O–H groups in total. The van der Waals surface area contributed by atoms with Crippen LogP contribution in [0.4, 0.5) is 0 Å². The summed E-state index contributed by atoms with van der Waals surface area (Å²) in [6.07, 6.45) is 2.27. The molecular weight excluding hydrogens is 299 g/mol. The van der Waals surface area contributed by atoms with Crippen molar-refractivity contribution in [3.05, 3.63) is 57.1 Å². The quantitative estimate of drug-likeness (QED) is 0.559. The zero-order valence-corrected chi connectivity index (χ0v) is 14.6. The van der Waals surface area contributed by atoms with Gasteiger partial charge in [-0.3, -0.25) is 0 Å². The molecule has 0 nitrogen and oxygen atoms in total. The number of hydrogen-bond acceptors (Lipinski definition) is 0. The molecule has 2 aromatic carbocycles. The van der Waals surface area contributed by atoms with E-state index >= 15 is 0 Å². The van der Waals surface area contributed by atoms with Crippen molar-refractivity contribution in [3.63, 3.8) is 0 Å². The van der Waals surface area contributed by atoms with Crippen LogP contribution in [0.15, 0.2) is 30.3 Å². The molecule has 0 aliphatic carbocycles. The highest BCUT2D eigenvalue weighted by atomic mass is 35.5. The third-order valence-electron chi connectivity index (χ3n) is 4.19. The summed E-state index contributed by atoms with van der Waals surface area (Å²) in [6, 6.07) is 10.6. The molecule has 0 spiro atoms. The highest BCUT2D eigenvalue weighted by Gasteiger charge is 2.15. The second kappa shape index (κ2) is 6.85. The summed E-state index contributed by atoms with van der Waals surface area (Å²) < 4.78 is 0. The Morgan fingerprint density at radius 2 is 1.48 bits per heavy atom. The first kappa shape index (κ1) is 16.4. The summed E-state index contributed by atoms with van der Waals surface area (Å²) in [6.45, 7) is 8.59. The molecule has 0 bridgehead atoms. The molecule has 0 unspecified atom stereocenters. The maximum Gasteiger partial charge on any atom is 0.0464 e.